The number of amides is 1. The molecule has 0 unspecified atom stereocenters. The number of fused-ring (bicyclic) bond motifs is 1. The Labute approximate surface area is 126 Å². The maximum atomic E-state index is 12.0. The fraction of sp³-hybridized carbons (Fsp3) is 0.500. The third kappa shape index (κ3) is 3.66. The third-order valence-corrected chi connectivity index (χ3v) is 4.55. The molecular formula is C18H24N2O. The normalized spacial score (nSPS) is 16.2. The SMILES string of the molecule is O=C(CC1CCCCC1)NCCn1ccc2ccccc21. The smallest absolute Gasteiger partial charge is 0.220 e. The summed E-state index contributed by atoms with van der Waals surface area (Å²) in [6.45, 7) is 1.55. The standard InChI is InChI=1S/C18H24N2O/c21-18(14-15-6-2-1-3-7-15)19-11-13-20-12-10-16-8-4-5-9-17(16)20/h4-5,8-10,12,15H,1-3,6-7,11,13-14H2,(H,19,21). The molecule has 0 spiro atoms. The number of aromatic nitrogens is 1. The van der Waals surface area contributed by atoms with E-state index in [1.165, 1.54) is 43.0 Å². The highest BCUT2D eigenvalue weighted by Gasteiger charge is 2.16. The second kappa shape index (κ2) is 6.79. The van der Waals surface area contributed by atoms with Gasteiger partial charge in [-0.05, 0) is 36.3 Å². The average molecular weight is 284 g/mol. The van der Waals surface area contributed by atoms with Gasteiger partial charge in [0.25, 0.3) is 0 Å². The first-order chi connectivity index (χ1) is 10.3. The number of rotatable bonds is 5. The van der Waals surface area contributed by atoms with Crippen molar-refractivity contribution >= 4 is 16.8 Å². The molecule has 3 heteroatoms. The van der Waals surface area contributed by atoms with E-state index >= 15 is 0 Å². The molecule has 1 amide bonds. The Morgan fingerprint density at radius 1 is 1.14 bits per heavy atom. The van der Waals surface area contributed by atoms with Gasteiger partial charge in [-0.2, -0.15) is 0 Å². The Kier molecular flexibility index (Phi) is 4.59. The third-order valence-electron chi connectivity index (χ3n) is 4.55. The van der Waals surface area contributed by atoms with Crippen molar-refractivity contribution in [1.29, 1.82) is 0 Å². The van der Waals surface area contributed by atoms with Gasteiger partial charge in [0.15, 0.2) is 0 Å². The van der Waals surface area contributed by atoms with Gasteiger partial charge in [-0.3, -0.25) is 4.79 Å². The number of hydrogen-bond acceptors (Lipinski definition) is 1. The van der Waals surface area contributed by atoms with E-state index in [2.05, 4.69) is 46.4 Å². The number of nitrogens with zero attached hydrogens (tertiary/aromatic N) is 1. The van der Waals surface area contributed by atoms with Crippen LogP contribution in [0.15, 0.2) is 36.5 Å². The molecule has 0 atom stereocenters. The summed E-state index contributed by atoms with van der Waals surface area (Å²) in [6, 6.07) is 10.5. The van der Waals surface area contributed by atoms with Crippen molar-refractivity contribution in [2.75, 3.05) is 6.54 Å². The van der Waals surface area contributed by atoms with Crippen LogP contribution in [0.1, 0.15) is 38.5 Å². The lowest BCUT2D eigenvalue weighted by molar-refractivity contribution is -0.122. The zero-order chi connectivity index (χ0) is 14.5. The quantitative estimate of drug-likeness (QED) is 0.892. The van der Waals surface area contributed by atoms with Crippen LogP contribution >= 0.6 is 0 Å². The lowest BCUT2D eigenvalue weighted by Crippen LogP contribution is -2.29. The molecule has 1 N–H and O–H groups in total. The topological polar surface area (TPSA) is 34.0 Å². The van der Waals surface area contributed by atoms with E-state index in [4.69, 9.17) is 0 Å². The highest BCUT2D eigenvalue weighted by molar-refractivity contribution is 5.80. The number of carbonyl (C=O) groups is 1. The van der Waals surface area contributed by atoms with Gasteiger partial charge in [-0.15, -0.1) is 0 Å². The van der Waals surface area contributed by atoms with E-state index in [0.29, 0.717) is 18.9 Å². The van der Waals surface area contributed by atoms with Crippen molar-refractivity contribution in [3.05, 3.63) is 36.5 Å². The Morgan fingerprint density at radius 3 is 2.81 bits per heavy atom. The zero-order valence-corrected chi connectivity index (χ0v) is 12.6. The number of carbonyl (C=O) groups excluding carboxylic acids is 1. The molecule has 3 rings (SSSR count). The summed E-state index contributed by atoms with van der Waals surface area (Å²) >= 11 is 0. The van der Waals surface area contributed by atoms with E-state index in [1.807, 2.05) is 0 Å². The minimum atomic E-state index is 0.221. The summed E-state index contributed by atoms with van der Waals surface area (Å²) in [4.78, 5) is 12.0. The highest BCUT2D eigenvalue weighted by atomic mass is 16.1. The van der Waals surface area contributed by atoms with Gasteiger partial charge in [0, 0.05) is 31.2 Å². The summed E-state index contributed by atoms with van der Waals surface area (Å²) in [5.74, 6) is 0.838. The van der Waals surface area contributed by atoms with Crippen molar-refractivity contribution in [3.63, 3.8) is 0 Å². The number of para-hydroxylation sites is 1. The lowest BCUT2D eigenvalue weighted by atomic mass is 9.87. The maximum Gasteiger partial charge on any atom is 0.220 e. The van der Waals surface area contributed by atoms with Gasteiger partial charge in [0.1, 0.15) is 0 Å². The molecule has 0 aliphatic heterocycles. The van der Waals surface area contributed by atoms with Crippen LogP contribution in [0.5, 0.6) is 0 Å². The fourth-order valence-corrected chi connectivity index (χ4v) is 3.38. The maximum absolute atomic E-state index is 12.0. The first-order valence-corrected chi connectivity index (χ1v) is 8.13. The molecule has 2 aromatic rings. The Balaban J connectivity index is 1.46. The van der Waals surface area contributed by atoms with Crippen LogP contribution in [-0.4, -0.2) is 17.0 Å². The van der Waals surface area contributed by atoms with Crippen molar-refractivity contribution < 1.29 is 4.79 Å². The van der Waals surface area contributed by atoms with Crippen LogP contribution in [0.4, 0.5) is 0 Å². The van der Waals surface area contributed by atoms with E-state index < -0.39 is 0 Å². The molecule has 0 radical (unpaired) electrons. The molecule has 1 fully saturated rings. The van der Waals surface area contributed by atoms with Gasteiger partial charge in [-0.25, -0.2) is 0 Å². The first kappa shape index (κ1) is 14.2. The molecule has 1 saturated carbocycles. The Hall–Kier alpha value is -1.77. The molecule has 1 aromatic heterocycles. The zero-order valence-electron chi connectivity index (χ0n) is 12.6. The summed E-state index contributed by atoms with van der Waals surface area (Å²) < 4.78 is 2.20. The van der Waals surface area contributed by atoms with Gasteiger partial charge >= 0.3 is 0 Å². The number of hydrogen-bond donors (Lipinski definition) is 1. The second-order valence-electron chi connectivity index (χ2n) is 6.13. The van der Waals surface area contributed by atoms with Gasteiger partial charge in [0.05, 0.1) is 0 Å². The van der Waals surface area contributed by atoms with Gasteiger partial charge in [-0.1, -0.05) is 37.5 Å². The van der Waals surface area contributed by atoms with Crippen molar-refractivity contribution in [3.8, 4) is 0 Å². The molecule has 1 aliphatic rings. The Bertz CT molecular complexity index is 596. The van der Waals surface area contributed by atoms with Crippen molar-refractivity contribution in [2.45, 2.75) is 45.1 Å². The van der Waals surface area contributed by atoms with E-state index in [0.717, 1.165) is 6.54 Å². The molecule has 3 nitrogen and oxygen atoms in total. The highest BCUT2D eigenvalue weighted by Crippen LogP contribution is 2.26. The van der Waals surface area contributed by atoms with Crippen LogP contribution < -0.4 is 5.32 Å². The summed E-state index contributed by atoms with van der Waals surface area (Å²) in [7, 11) is 0. The van der Waals surface area contributed by atoms with Crippen molar-refractivity contribution in [2.24, 2.45) is 5.92 Å². The molecule has 21 heavy (non-hydrogen) atoms. The monoisotopic (exact) mass is 284 g/mol. The predicted molar refractivity (Wildman–Crippen MR) is 86.1 cm³/mol. The van der Waals surface area contributed by atoms with E-state index in [9.17, 15) is 4.79 Å². The minimum absolute atomic E-state index is 0.221. The van der Waals surface area contributed by atoms with Crippen LogP contribution in [0, 0.1) is 5.92 Å². The second-order valence-corrected chi connectivity index (χ2v) is 6.13. The minimum Gasteiger partial charge on any atom is -0.354 e. The van der Waals surface area contributed by atoms with Gasteiger partial charge in [0.2, 0.25) is 5.91 Å². The lowest BCUT2D eigenvalue weighted by Gasteiger charge is -2.20. The molecule has 0 saturated heterocycles. The van der Waals surface area contributed by atoms with E-state index in [1.54, 1.807) is 0 Å². The van der Waals surface area contributed by atoms with Gasteiger partial charge < -0.3 is 9.88 Å². The number of benzene rings is 1. The summed E-state index contributed by atoms with van der Waals surface area (Å²) in [5.41, 5.74) is 1.24. The number of nitrogens with one attached hydrogen (secondary N) is 1. The average Bonchev–Trinajstić information content (AvgIpc) is 2.92. The van der Waals surface area contributed by atoms with Crippen LogP contribution in [-0.2, 0) is 11.3 Å². The predicted octanol–water partition coefficient (Wildman–Crippen LogP) is 3.73. The molecular weight excluding hydrogens is 260 g/mol. The fourth-order valence-electron chi connectivity index (χ4n) is 3.38. The van der Waals surface area contributed by atoms with Crippen molar-refractivity contribution in [1.82, 2.24) is 9.88 Å². The first-order valence-electron chi connectivity index (χ1n) is 8.13. The molecule has 112 valence electrons. The molecule has 1 heterocycles. The van der Waals surface area contributed by atoms with Crippen LogP contribution in [0.25, 0.3) is 10.9 Å². The largest absolute Gasteiger partial charge is 0.354 e. The van der Waals surface area contributed by atoms with Crippen LogP contribution in [0.3, 0.4) is 0 Å². The molecule has 1 aliphatic carbocycles. The molecule has 0 bridgehead atoms. The Morgan fingerprint density at radius 2 is 1.95 bits per heavy atom. The summed E-state index contributed by atoms with van der Waals surface area (Å²) in [6.07, 6.45) is 9.22. The summed E-state index contributed by atoms with van der Waals surface area (Å²) in [5, 5.41) is 4.33. The van der Waals surface area contributed by atoms with Crippen LogP contribution in [0.2, 0.25) is 0 Å². The van der Waals surface area contributed by atoms with E-state index in [-0.39, 0.29) is 5.91 Å². The molecule has 1 aromatic carbocycles.